The maximum Gasteiger partial charge on any atom is 0.247 e. The summed E-state index contributed by atoms with van der Waals surface area (Å²) in [5.41, 5.74) is 2.34. The molecule has 0 aliphatic rings. The second kappa shape index (κ2) is 12.0. The third kappa shape index (κ3) is 6.81. The van der Waals surface area contributed by atoms with Crippen LogP contribution in [-0.2, 0) is 22.6 Å². The van der Waals surface area contributed by atoms with Crippen LogP contribution >= 0.6 is 11.6 Å². The molecule has 6 nitrogen and oxygen atoms in total. The number of methoxy groups -OCH3 is 1. The van der Waals surface area contributed by atoms with Gasteiger partial charge in [0.2, 0.25) is 11.8 Å². The Morgan fingerprint density at radius 1 is 0.970 bits per heavy atom. The molecule has 0 aromatic heterocycles. The molecular weight excluding hydrogens is 440 g/mol. The lowest BCUT2D eigenvalue weighted by molar-refractivity contribution is -0.141. The number of nitrogens with one attached hydrogen (secondary N) is 1. The third-order valence-corrected chi connectivity index (χ3v) is 5.44. The van der Waals surface area contributed by atoms with E-state index in [1.54, 1.807) is 36.3 Å². The van der Waals surface area contributed by atoms with Crippen LogP contribution in [0.25, 0.3) is 0 Å². The van der Waals surface area contributed by atoms with E-state index in [1.165, 1.54) is 0 Å². The summed E-state index contributed by atoms with van der Waals surface area (Å²) in [7, 11) is 1.59. The minimum Gasteiger partial charge on any atom is -0.497 e. The van der Waals surface area contributed by atoms with Gasteiger partial charge in [-0.2, -0.15) is 0 Å². The Kier molecular flexibility index (Phi) is 8.87. The highest BCUT2D eigenvalue weighted by Gasteiger charge is 2.31. The van der Waals surface area contributed by atoms with Crippen molar-refractivity contribution in [2.24, 2.45) is 0 Å². The van der Waals surface area contributed by atoms with Crippen molar-refractivity contribution >= 4 is 23.4 Å². The minimum absolute atomic E-state index is 0.101. The predicted molar refractivity (Wildman–Crippen MR) is 128 cm³/mol. The second-order valence-electron chi connectivity index (χ2n) is 7.50. The molecule has 2 amide bonds. The molecule has 7 heteroatoms. The van der Waals surface area contributed by atoms with Gasteiger partial charge in [0, 0.05) is 18.1 Å². The predicted octanol–water partition coefficient (Wildman–Crippen LogP) is 3.77. The Morgan fingerprint density at radius 2 is 1.61 bits per heavy atom. The van der Waals surface area contributed by atoms with Gasteiger partial charge in [0.05, 0.1) is 20.1 Å². The van der Waals surface area contributed by atoms with Gasteiger partial charge in [0.1, 0.15) is 11.8 Å². The van der Waals surface area contributed by atoms with Crippen molar-refractivity contribution in [1.82, 2.24) is 10.2 Å². The van der Waals surface area contributed by atoms with Crippen LogP contribution in [0.15, 0.2) is 78.9 Å². The Labute approximate surface area is 198 Å². The molecule has 3 aromatic carbocycles. The van der Waals surface area contributed by atoms with Crippen molar-refractivity contribution in [2.75, 3.05) is 20.3 Å². The SMILES string of the molecule is COc1ccc(CN(C(=O)Cc2ccc(Cl)cc2)C(C(=O)NCCO)c2ccccc2)cc1. The average molecular weight is 467 g/mol. The molecule has 1 atom stereocenters. The quantitative estimate of drug-likeness (QED) is 0.476. The first-order chi connectivity index (χ1) is 16.0. The molecule has 33 heavy (non-hydrogen) atoms. The fraction of sp³-hybridized carbons (Fsp3) is 0.231. The number of amides is 2. The summed E-state index contributed by atoms with van der Waals surface area (Å²) in [6, 6.07) is 22.7. The topological polar surface area (TPSA) is 78.9 Å². The molecular formula is C26H27ClN2O4. The van der Waals surface area contributed by atoms with Gasteiger partial charge in [-0.05, 0) is 41.0 Å². The van der Waals surface area contributed by atoms with E-state index in [1.807, 2.05) is 54.6 Å². The summed E-state index contributed by atoms with van der Waals surface area (Å²) < 4.78 is 5.23. The normalized spacial score (nSPS) is 11.5. The van der Waals surface area contributed by atoms with E-state index in [-0.39, 0.29) is 37.9 Å². The number of aliphatic hydroxyl groups is 1. The summed E-state index contributed by atoms with van der Waals surface area (Å²) in [4.78, 5) is 28.3. The van der Waals surface area contributed by atoms with Crippen LogP contribution < -0.4 is 10.1 Å². The molecule has 0 radical (unpaired) electrons. The fourth-order valence-electron chi connectivity index (χ4n) is 3.51. The molecule has 0 saturated heterocycles. The number of hydrogen-bond donors (Lipinski definition) is 2. The van der Waals surface area contributed by atoms with E-state index in [0.717, 1.165) is 11.1 Å². The Hall–Kier alpha value is -3.35. The molecule has 0 heterocycles. The summed E-state index contributed by atoms with van der Waals surface area (Å²) in [6.45, 7) is 0.136. The molecule has 3 aromatic rings. The van der Waals surface area contributed by atoms with E-state index in [9.17, 15) is 14.7 Å². The first kappa shape index (κ1) is 24.3. The van der Waals surface area contributed by atoms with E-state index >= 15 is 0 Å². The Bertz CT molecular complexity index is 1040. The van der Waals surface area contributed by atoms with Crippen molar-refractivity contribution in [3.05, 3.63) is 101 Å². The first-order valence-corrected chi connectivity index (χ1v) is 11.0. The largest absolute Gasteiger partial charge is 0.497 e. The lowest BCUT2D eigenvalue weighted by atomic mass is 10.0. The van der Waals surface area contributed by atoms with Crippen LogP contribution in [0.1, 0.15) is 22.7 Å². The van der Waals surface area contributed by atoms with Gasteiger partial charge in [-0.25, -0.2) is 0 Å². The van der Waals surface area contributed by atoms with Crippen LogP contribution in [-0.4, -0.2) is 42.1 Å². The van der Waals surface area contributed by atoms with Crippen LogP contribution in [0.5, 0.6) is 5.75 Å². The van der Waals surface area contributed by atoms with Gasteiger partial charge >= 0.3 is 0 Å². The van der Waals surface area contributed by atoms with Gasteiger partial charge in [-0.15, -0.1) is 0 Å². The number of carbonyl (C=O) groups is 2. The monoisotopic (exact) mass is 466 g/mol. The number of aliphatic hydroxyl groups excluding tert-OH is 1. The molecule has 0 fully saturated rings. The number of halogens is 1. The zero-order valence-electron chi connectivity index (χ0n) is 18.4. The lowest BCUT2D eigenvalue weighted by Crippen LogP contribution is -2.44. The third-order valence-electron chi connectivity index (χ3n) is 5.19. The maximum atomic E-state index is 13.6. The van der Waals surface area contributed by atoms with Crippen molar-refractivity contribution in [3.8, 4) is 5.75 Å². The molecule has 2 N–H and O–H groups in total. The van der Waals surface area contributed by atoms with Crippen LogP contribution in [0.2, 0.25) is 5.02 Å². The maximum absolute atomic E-state index is 13.6. The van der Waals surface area contributed by atoms with Gasteiger partial charge in [0.15, 0.2) is 0 Å². The molecule has 0 aliphatic carbocycles. The fourth-order valence-corrected chi connectivity index (χ4v) is 3.64. The highest BCUT2D eigenvalue weighted by atomic mass is 35.5. The summed E-state index contributed by atoms with van der Waals surface area (Å²) in [5.74, 6) is 0.146. The molecule has 172 valence electrons. The minimum atomic E-state index is -0.861. The van der Waals surface area contributed by atoms with E-state index < -0.39 is 6.04 Å². The van der Waals surface area contributed by atoms with E-state index in [2.05, 4.69) is 5.32 Å². The van der Waals surface area contributed by atoms with Crippen LogP contribution in [0.4, 0.5) is 0 Å². The van der Waals surface area contributed by atoms with Crippen molar-refractivity contribution in [1.29, 1.82) is 0 Å². The Morgan fingerprint density at radius 3 is 2.21 bits per heavy atom. The number of carbonyl (C=O) groups excluding carboxylic acids is 2. The zero-order valence-corrected chi connectivity index (χ0v) is 19.2. The van der Waals surface area contributed by atoms with E-state index in [4.69, 9.17) is 16.3 Å². The second-order valence-corrected chi connectivity index (χ2v) is 7.94. The van der Waals surface area contributed by atoms with Gasteiger partial charge in [-0.3, -0.25) is 9.59 Å². The summed E-state index contributed by atoms with van der Waals surface area (Å²) in [6.07, 6.45) is 0.115. The van der Waals surface area contributed by atoms with Crippen molar-refractivity contribution in [3.63, 3.8) is 0 Å². The number of ether oxygens (including phenoxy) is 1. The first-order valence-electron chi connectivity index (χ1n) is 10.6. The molecule has 1 unspecified atom stereocenters. The molecule has 0 bridgehead atoms. The number of rotatable bonds is 10. The van der Waals surface area contributed by atoms with Crippen LogP contribution in [0.3, 0.4) is 0 Å². The van der Waals surface area contributed by atoms with E-state index in [0.29, 0.717) is 16.3 Å². The molecule has 3 rings (SSSR count). The Balaban J connectivity index is 1.97. The summed E-state index contributed by atoms with van der Waals surface area (Å²) in [5, 5.41) is 12.5. The van der Waals surface area contributed by atoms with Crippen LogP contribution in [0, 0.1) is 0 Å². The molecule has 0 spiro atoms. The van der Waals surface area contributed by atoms with Gasteiger partial charge in [0.25, 0.3) is 0 Å². The van der Waals surface area contributed by atoms with Gasteiger partial charge < -0.3 is 20.1 Å². The number of hydrogen-bond acceptors (Lipinski definition) is 4. The number of benzene rings is 3. The summed E-state index contributed by atoms with van der Waals surface area (Å²) >= 11 is 5.98. The smallest absolute Gasteiger partial charge is 0.247 e. The zero-order chi connectivity index (χ0) is 23.6. The van der Waals surface area contributed by atoms with Crippen molar-refractivity contribution < 1.29 is 19.4 Å². The molecule has 0 saturated carbocycles. The number of nitrogens with zero attached hydrogens (tertiary/aromatic N) is 1. The van der Waals surface area contributed by atoms with Gasteiger partial charge in [-0.1, -0.05) is 66.2 Å². The molecule has 0 aliphatic heterocycles. The highest BCUT2D eigenvalue weighted by Crippen LogP contribution is 2.26. The standard InChI is InChI=1S/C26H27ClN2O4/c1-33-23-13-9-20(10-14-23)18-29(24(31)17-19-7-11-22(27)12-8-19)25(26(32)28-15-16-30)21-5-3-2-4-6-21/h2-14,25,30H,15-18H2,1H3,(H,28,32). The lowest BCUT2D eigenvalue weighted by Gasteiger charge is -2.32. The highest BCUT2D eigenvalue weighted by molar-refractivity contribution is 6.30. The average Bonchev–Trinajstić information content (AvgIpc) is 2.84. The van der Waals surface area contributed by atoms with Crippen molar-refractivity contribution in [2.45, 2.75) is 19.0 Å².